The number of carbonyl (C=O) groups excluding carboxylic acids is 1. The van der Waals surface area contributed by atoms with E-state index in [4.69, 9.17) is 4.74 Å². The maximum atomic E-state index is 13.3. The van der Waals surface area contributed by atoms with Crippen molar-refractivity contribution in [1.29, 1.82) is 0 Å². The minimum absolute atomic E-state index is 0.0101. The first-order valence-corrected chi connectivity index (χ1v) is 10.6. The van der Waals surface area contributed by atoms with Gasteiger partial charge in [-0.15, -0.1) is 0 Å². The van der Waals surface area contributed by atoms with E-state index in [0.29, 0.717) is 30.6 Å². The zero-order valence-corrected chi connectivity index (χ0v) is 18.2. The van der Waals surface area contributed by atoms with E-state index in [9.17, 15) is 9.59 Å². The van der Waals surface area contributed by atoms with Gasteiger partial charge in [-0.05, 0) is 31.0 Å². The number of carbonyl (C=O) groups is 1. The zero-order chi connectivity index (χ0) is 22.5. The van der Waals surface area contributed by atoms with Crippen LogP contribution in [0.1, 0.15) is 12.0 Å². The molecule has 0 atom stereocenters. The minimum Gasteiger partial charge on any atom is -0.385 e. The summed E-state index contributed by atoms with van der Waals surface area (Å²) in [5.41, 5.74) is 4.44. The molecular weight excluding hydrogens is 404 g/mol. The Morgan fingerprint density at radius 3 is 2.53 bits per heavy atom. The number of nitrogens with zero attached hydrogens (tertiary/aromatic N) is 3. The lowest BCUT2D eigenvalue weighted by molar-refractivity contribution is -0.116. The van der Waals surface area contributed by atoms with E-state index in [0.717, 1.165) is 22.4 Å². The van der Waals surface area contributed by atoms with Crippen LogP contribution < -0.4 is 10.9 Å². The minimum atomic E-state index is -0.209. The average Bonchev–Trinajstić information content (AvgIpc) is 3.16. The molecule has 2 heterocycles. The van der Waals surface area contributed by atoms with Gasteiger partial charge in [0.1, 0.15) is 17.6 Å². The molecule has 7 nitrogen and oxygen atoms in total. The topological polar surface area (TPSA) is 78.2 Å². The van der Waals surface area contributed by atoms with E-state index >= 15 is 0 Å². The summed E-state index contributed by atoms with van der Waals surface area (Å²) in [5, 5.41) is 2.90. The van der Waals surface area contributed by atoms with Crippen molar-refractivity contribution in [3.8, 4) is 11.1 Å². The number of hydrogen-bond acceptors (Lipinski definition) is 4. The number of nitrogens with one attached hydrogen (secondary N) is 1. The van der Waals surface area contributed by atoms with Crippen LogP contribution in [-0.2, 0) is 22.6 Å². The molecular formula is C25H26N4O3. The quantitative estimate of drug-likeness (QED) is 0.431. The molecule has 0 aliphatic carbocycles. The lowest BCUT2D eigenvalue weighted by Gasteiger charge is -2.09. The first-order valence-electron chi connectivity index (χ1n) is 10.6. The molecule has 0 aliphatic rings. The number of benzene rings is 2. The van der Waals surface area contributed by atoms with Gasteiger partial charge in [-0.25, -0.2) is 4.98 Å². The number of methoxy groups -OCH3 is 1. The molecule has 4 rings (SSSR count). The zero-order valence-electron chi connectivity index (χ0n) is 18.2. The average molecular weight is 431 g/mol. The Morgan fingerprint density at radius 1 is 1.06 bits per heavy atom. The molecule has 0 unspecified atom stereocenters. The summed E-state index contributed by atoms with van der Waals surface area (Å²) in [6, 6.07) is 17.4. The van der Waals surface area contributed by atoms with Gasteiger partial charge in [-0.2, -0.15) is 0 Å². The van der Waals surface area contributed by atoms with Gasteiger partial charge >= 0.3 is 0 Å². The fourth-order valence-electron chi connectivity index (χ4n) is 3.70. The molecule has 2 aromatic heterocycles. The lowest BCUT2D eigenvalue weighted by atomic mass is 10.1. The highest BCUT2D eigenvalue weighted by atomic mass is 16.5. The number of fused-ring (bicyclic) bond motifs is 1. The first kappa shape index (κ1) is 21.5. The second-order valence-corrected chi connectivity index (χ2v) is 7.74. The van der Waals surface area contributed by atoms with Crippen molar-refractivity contribution in [2.75, 3.05) is 19.0 Å². The summed E-state index contributed by atoms with van der Waals surface area (Å²) >= 11 is 0. The van der Waals surface area contributed by atoms with Crippen molar-refractivity contribution < 1.29 is 9.53 Å². The standard InChI is InChI=1S/C25H26N4O3/c1-18-9-11-20(12-10-18)27-22(30)16-29-15-21(19-7-4-3-5-8-19)23-24(29)25(31)28(17-26-23)13-6-14-32-2/h3-5,7-12,15,17H,6,13-14,16H2,1-2H3,(H,27,30). The maximum absolute atomic E-state index is 13.3. The van der Waals surface area contributed by atoms with Gasteiger partial charge in [0.05, 0.1) is 6.33 Å². The van der Waals surface area contributed by atoms with E-state index in [1.54, 1.807) is 22.6 Å². The third-order valence-corrected chi connectivity index (χ3v) is 5.32. The van der Waals surface area contributed by atoms with Crippen LogP contribution in [0.15, 0.2) is 71.9 Å². The van der Waals surface area contributed by atoms with Gasteiger partial charge in [-0.3, -0.25) is 14.2 Å². The largest absolute Gasteiger partial charge is 0.385 e. The SMILES string of the molecule is COCCCn1cnc2c(-c3ccccc3)cn(CC(=O)Nc3ccc(C)cc3)c2c1=O. The fraction of sp³-hybridized carbons (Fsp3) is 0.240. The Labute approximate surface area is 186 Å². The summed E-state index contributed by atoms with van der Waals surface area (Å²) in [6.45, 7) is 3.06. The predicted octanol–water partition coefficient (Wildman–Crippen LogP) is 3.85. The monoisotopic (exact) mass is 430 g/mol. The molecule has 32 heavy (non-hydrogen) atoms. The van der Waals surface area contributed by atoms with Gasteiger partial charge in [0.15, 0.2) is 0 Å². The number of anilines is 1. The Bertz CT molecular complexity index is 1270. The van der Waals surface area contributed by atoms with Crippen molar-refractivity contribution >= 4 is 22.6 Å². The van der Waals surface area contributed by atoms with Crippen molar-refractivity contribution in [3.63, 3.8) is 0 Å². The third kappa shape index (κ3) is 4.63. The van der Waals surface area contributed by atoms with Gasteiger partial charge < -0.3 is 14.6 Å². The first-order chi connectivity index (χ1) is 15.6. The van der Waals surface area contributed by atoms with Crippen LogP contribution in [0.25, 0.3) is 22.2 Å². The van der Waals surface area contributed by atoms with Crippen LogP contribution >= 0.6 is 0 Å². The van der Waals surface area contributed by atoms with Gasteiger partial charge in [0.2, 0.25) is 5.91 Å². The van der Waals surface area contributed by atoms with Crippen LogP contribution in [0, 0.1) is 6.92 Å². The molecule has 0 bridgehead atoms. The van der Waals surface area contributed by atoms with Crippen LogP contribution in [0.2, 0.25) is 0 Å². The molecule has 7 heteroatoms. The Hall–Kier alpha value is -3.71. The molecule has 0 saturated heterocycles. The van der Waals surface area contributed by atoms with Crippen molar-refractivity contribution in [2.45, 2.75) is 26.4 Å². The second-order valence-electron chi connectivity index (χ2n) is 7.74. The molecule has 4 aromatic rings. The van der Waals surface area contributed by atoms with Crippen molar-refractivity contribution in [1.82, 2.24) is 14.1 Å². The maximum Gasteiger partial charge on any atom is 0.277 e. The molecule has 0 spiro atoms. The van der Waals surface area contributed by atoms with E-state index < -0.39 is 0 Å². The Balaban J connectivity index is 1.72. The molecule has 1 amide bonds. The number of rotatable bonds is 8. The van der Waals surface area contributed by atoms with Gasteiger partial charge in [0.25, 0.3) is 5.56 Å². The number of ether oxygens (including phenoxy) is 1. The Morgan fingerprint density at radius 2 is 1.81 bits per heavy atom. The molecule has 164 valence electrons. The van der Waals surface area contributed by atoms with Crippen molar-refractivity contribution in [3.05, 3.63) is 83.0 Å². The molecule has 0 fully saturated rings. The molecule has 0 saturated carbocycles. The number of amides is 1. The number of aryl methyl sites for hydroxylation is 2. The van der Waals surface area contributed by atoms with E-state index in [2.05, 4.69) is 10.3 Å². The number of aromatic nitrogens is 3. The van der Waals surface area contributed by atoms with Gasteiger partial charge in [0, 0.05) is 37.7 Å². The summed E-state index contributed by atoms with van der Waals surface area (Å²) in [5.74, 6) is -0.209. The summed E-state index contributed by atoms with van der Waals surface area (Å²) in [6.07, 6.45) is 4.11. The highest BCUT2D eigenvalue weighted by Crippen LogP contribution is 2.27. The molecule has 1 N–H and O–H groups in total. The van der Waals surface area contributed by atoms with E-state index in [1.807, 2.05) is 67.7 Å². The molecule has 0 radical (unpaired) electrons. The highest BCUT2D eigenvalue weighted by Gasteiger charge is 2.18. The van der Waals surface area contributed by atoms with Crippen LogP contribution in [0.3, 0.4) is 0 Å². The molecule has 2 aromatic carbocycles. The molecule has 0 aliphatic heterocycles. The normalized spacial score (nSPS) is 11.1. The third-order valence-electron chi connectivity index (χ3n) is 5.32. The van der Waals surface area contributed by atoms with Gasteiger partial charge in [-0.1, -0.05) is 48.0 Å². The van der Waals surface area contributed by atoms with E-state index in [1.165, 1.54) is 0 Å². The smallest absolute Gasteiger partial charge is 0.277 e. The fourth-order valence-corrected chi connectivity index (χ4v) is 3.70. The van der Waals surface area contributed by atoms with Crippen LogP contribution in [0.5, 0.6) is 0 Å². The highest BCUT2D eigenvalue weighted by molar-refractivity contribution is 5.95. The van der Waals surface area contributed by atoms with E-state index in [-0.39, 0.29) is 18.0 Å². The second kappa shape index (κ2) is 9.62. The van der Waals surface area contributed by atoms with Crippen LogP contribution in [0.4, 0.5) is 5.69 Å². The Kier molecular flexibility index (Phi) is 6.47. The summed E-state index contributed by atoms with van der Waals surface area (Å²) in [7, 11) is 1.63. The van der Waals surface area contributed by atoms with Crippen LogP contribution in [-0.4, -0.2) is 33.7 Å². The predicted molar refractivity (Wildman–Crippen MR) is 126 cm³/mol. The summed E-state index contributed by atoms with van der Waals surface area (Å²) in [4.78, 5) is 30.7. The number of hydrogen-bond donors (Lipinski definition) is 1. The van der Waals surface area contributed by atoms with Crippen molar-refractivity contribution in [2.24, 2.45) is 0 Å². The summed E-state index contributed by atoms with van der Waals surface area (Å²) < 4.78 is 8.37. The lowest BCUT2D eigenvalue weighted by Crippen LogP contribution is -2.25.